The average Bonchev–Trinajstić information content (AvgIpc) is 3.26. The van der Waals surface area contributed by atoms with Gasteiger partial charge in [0.1, 0.15) is 10.8 Å². The molecule has 1 heterocycles. The molecule has 7 heteroatoms. The second kappa shape index (κ2) is 6.23. The van der Waals surface area contributed by atoms with Crippen molar-refractivity contribution < 1.29 is 14.3 Å². The first kappa shape index (κ1) is 14.6. The molecule has 1 aliphatic carbocycles. The summed E-state index contributed by atoms with van der Waals surface area (Å²) in [6.07, 6.45) is 2.31. The molecule has 0 atom stereocenters. The van der Waals surface area contributed by atoms with Crippen molar-refractivity contribution in [3.8, 4) is 5.75 Å². The summed E-state index contributed by atoms with van der Waals surface area (Å²) in [7, 11) is 0. The zero-order valence-electron chi connectivity index (χ0n) is 12.0. The van der Waals surface area contributed by atoms with Crippen LogP contribution in [-0.4, -0.2) is 28.5 Å². The van der Waals surface area contributed by atoms with Gasteiger partial charge in [-0.2, -0.15) is 0 Å². The Hall–Kier alpha value is -2.28. The Morgan fingerprint density at radius 1 is 1.27 bits per heavy atom. The quantitative estimate of drug-likeness (QED) is 0.828. The highest BCUT2D eigenvalue weighted by atomic mass is 32.1. The molecule has 1 saturated carbocycles. The molecule has 1 aromatic heterocycles. The van der Waals surface area contributed by atoms with E-state index in [1.54, 1.807) is 24.3 Å². The molecule has 6 nitrogen and oxygen atoms in total. The molecule has 3 rings (SSSR count). The molecule has 1 aliphatic rings. The highest BCUT2D eigenvalue weighted by Gasteiger charge is 2.27. The summed E-state index contributed by atoms with van der Waals surface area (Å²) in [5, 5.41) is 12.2. The maximum Gasteiger partial charge on any atom is 0.264 e. The first-order valence-electron chi connectivity index (χ1n) is 6.99. The Balaban J connectivity index is 1.49. The number of ketones is 1. The molecule has 114 valence electrons. The minimum absolute atomic E-state index is 0.00738. The van der Waals surface area contributed by atoms with Gasteiger partial charge in [0.15, 0.2) is 12.4 Å². The second-order valence-electron chi connectivity index (χ2n) is 5.14. The molecule has 1 aromatic carbocycles. The Morgan fingerprint density at radius 2 is 2.00 bits per heavy atom. The Labute approximate surface area is 131 Å². The third-order valence-electron chi connectivity index (χ3n) is 3.24. The molecular formula is C15H15N3O3S. The van der Waals surface area contributed by atoms with Crippen molar-refractivity contribution in [2.24, 2.45) is 0 Å². The molecule has 0 bridgehead atoms. The van der Waals surface area contributed by atoms with Gasteiger partial charge >= 0.3 is 0 Å². The van der Waals surface area contributed by atoms with Gasteiger partial charge in [0.05, 0.1) is 0 Å². The number of carbonyl (C=O) groups is 2. The van der Waals surface area contributed by atoms with Crippen LogP contribution in [0.15, 0.2) is 24.3 Å². The van der Waals surface area contributed by atoms with Gasteiger partial charge in [0, 0.05) is 11.5 Å². The lowest BCUT2D eigenvalue weighted by Crippen LogP contribution is -2.20. The highest BCUT2D eigenvalue weighted by molar-refractivity contribution is 7.15. The van der Waals surface area contributed by atoms with Gasteiger partial charge in [-0.3, -0.25) is 14.9 Å². The van der Waals surface area contributed by atoms with Crippen LogP contribution in [0.4, 0.5) is 5.13 Å². The number of benzene rings is 1. The molecule has 1 fully saturated rings. The molecule has 0 saturated heterocycles. The van der Waals surface area contributed by atoms with E-state index in [0.29, 0.717) is 22.4 Å². The summed E-state index contributed by atoms with van der Waals surface area (Å²) >= 11 is 1.41. The van der Waals surface area contributed by atoms with E-state index >= 15 is 0 Å². The molecule has 1 N–H and O–H groups in total. The summed E-state index contributed by atoms with van der Waals surface area (Å²) in [6.45, 7) is 1.39. The minimum Gasteiger partial charge on any atom is -0.484 e. The number of aromatic nitrogens is 2. The summed E-state index contributed by atoms with van der Waals surface area (Å²) in [6, 6.07) is 6.67. The van der Waals surface area contributed by atoms with Gasteiger partial charge in [-0.1, -0.05) is 11.3 Å². The van der Waals surface area contributed by atoms with E-state index in [1.807, 2.05) is 0 Å². The second-order valence-corrected chi connectivity index (χ2v) is 6.15. The molecule has 22 heavy (non-hydrogen) atoms. The van der Waals surface area contributed by atoms with Crippen molar-refractivity contribution in [1.29, 1.82) is 0 Å². The van der Waals surface area contributed by atoms with Crippen molar-refractivity contribution in [3.05, 3.63) is 34.8 Å². The number of carbonyl (C=O) groups excluding carboxylic acids is 2. The SMILES string of the molecule is CC(=O)c1ccc(OCC(=O)Nc2nnc(C3CC3)s2)cc1. The first-order valence-corrected chi connectivity index (χ1v) is 7.80. The average molecular weight is 317 g/mol. The molecule has 0 unspecified atom stereocenters. The number of anilines is 1. The van der Waals surface area contributed by atoms with Gasteiger partial charge in [-0.15, -0.1) is 10.2 Å². The maximum absolute atomic E-state index is 11.8. The number of hydrogen-bond acceptors (Lipinski definition) is 6. The van der Waals surface area contributed by atoms with E-state index in [2.05, 4.69) is 15.5 Å². The van der Waals surface area contributed by atoms with Gasteiger partial charge < -0.3 is 4.74 Å². The Kier molecular flexibility index (Phi) is 4.15. The molecule has 0 radical (unpaired) electrons. The van der Waals surface area contributed by atoms with Crippen molar-refractivity contribution in [1.82, 2.24) is 10.2 Å². The first-order chi connectivity index (χ1) is 10.6. The van der Waals surface area contributed by atoms with E-state index in [1.165, 1.54) is 18.3 Å². The standard InChI is InChI=1S/C15H15N3O3S/c1-9(19)10-4-6-12(7-5-10)21-8-13(20)16-15-18-17-14(22-15)11-2-3-11/h4-7,11H,2-3,8H2,1H3,(H,16,18,20). The predicted octanol–water partition coefficient (Wildman–Crippen LogP) is 2.64. The van der Waals surface area contributed by atoms with Crippen LogP contribution in [0.25, 0.3) is 0 Å². The Bertz CT molecular complexity index is 692. The van der Waals surface area contributed by atoms with E-state index in [0.717, 1.165) is 17.8 Å². The lowest BCUT2D eigenvalue weighted by Gasteiger charge is -2.06. The number of Topliss-reactive ketones (excluding diaryl/α,β-unsaturated/α-hetero) is 1. The Morgan fingerprint density at radius 3 is 2.64 bits per heavy atom. The third kappa shape index (κ3) is 3.67. The summed E-state index contributed by atoms with van der Waals surface area (Å²) in [5.41, 5.74) is 0.610. The topological polar surface area (TPSA) is 81.2 Å². The van der Waals surface area contributed by atoms with Crippen LogP contribution in [-0.2, 0) is 4.79 Å². The van der Waals surface area contributed by atoms with Crippen molar-refractivity contribution in [3.63, 3.8) is 0 Å². The van der Waals surface area contributed by atoms with Gasteiger partial charge in [-0.25, -0.2) is 0 Å². The number of hydrogen-bond donors (Lipinski definition) is 1. The number of ether oxygens (including phenoxy) is 1. The van der Waals surface area contributed by atoms with Crippen LogP contribution in [0.2, 0.25) is 0 Å². The molecule has 2 aromatic rings. The maximum atomic E-state index is 11.8. The zero-order valence-corrected chi connectivity index (χ0v) is 12.9. The van der Waals surface area contributed by atoms with Crippen molar-refractivity contribution in [2.45, 2.75) is 25.7 Å². The number of rotatable bonds is 6. The fraction of sp³-hybridized carbons (Fsp3) is 0.333. The third-order valence-corrected chi connectivity index (χ3v) is 4.25. The lowest BCUT2D eigenvalue weighted by atomic mass is 10.1. The van der Waals surface area contributed by atoms with Crippen LogP contribution in [0.3, 0.4) is 0 Å². The van der Waals surface area contributed by atoms with Crippen LogP contribution >= 0.6 is 11.3 Å². The lowest BCUT2D eigenvalue weighted by molar-refractivity contribution is -0.118. The molecular weight excluding hydrogens is 302 g/mol. The van der Waals surface area contributed by atoms with Gasteiger partial charge in [0.2, 0.25) is 5.13 Å². The zero-order chi connectivity index (χ0) is 15.5. The van der Waals surface area contributed by atoms with Gasteiger partial charge in [-0.05, 0) is 44.0 Å². The van der Waals surface area contributed by atoms with E-state index in [9.17, 15) is 9.59 Å². The molecule has 1 amide bonds. The number of nitrogens with one attached hydrogen (secondary N) is 1. The van der Waals surface area contributed by atoms with Crippen LogP contribution < -0.4 is 10.1 Å². The predicted molar refractivity (Wildman–Crippen MR) is 82.5 cm³/mol. The van der Waals surface area contributed by atoms with Gasteiger partial charge in [0.25, 0.3) is 5.91 Å². The fourth-order valence-electron chi connectivity index (χ4n) is 1.87. The summed E-state index contributed by atoms with van der Waals surface area (Å²) in [4.78, 5) is 23.0. The number of amides is 1. The normalized spacial score (nSPS) is 13.7. The fourth-order valence-corrected chi connectivity index (χ4v) is 2.80. The summed E-state index contributed by atoms with van der Waals surface area (Å²) in [5.74, 6) is 0.774. The highest BCUT2D eigenvalue weighted by Crippen LogP contribution is 2.41. The van der Waals surface area contributed by atoms with Crippen LogP contribution in [0.1, 0.15) is 41.0 Å². The number of nitrogens with zero attached hydrogens (tertiary/aromatic N) is 2. The monoisotopic (exact) mass is 317 g/mol. The smallest absolute Gasteiger partial charge is 0.264 e. The van der Waals surface area contributed by atoms with E-state index in [-0.39, 0.29) is 18.3 Å². The van der Waals surface area contributed by atoms with E-state index < -0.39 is 0 Å². The molecule has 0 aliphatic heterocycles. The van der Waals surface area contributed by atoms with Crippen molar-refractivity contribution in [2.75, 3.05) is 11.9 Å². The largest absolute Gasteiger partial charge is 0.484 e. The van der Waals surface area contributed by atoms with E-state index in [4.69, 9.17) is 4.74 Å². The molecule has 0 spiro atoms. The van der Waals surface area contributed by atoms with Crippen LogP contribution in [0, 0.1) is 0 Å². The minimum atomic E-state index is -0.283. The summed E-state index contributed by atoms with van der Waals surface area (Å²) < 4.78 is 5.37. The van der Waals surface area contributed by atoms with Crippen molar-refractivity contribution >= 4 is 28.2 Å². The van der Waals surface area contributed by atoms with Crippen LogP contribution in [0.5, 0.6) is 5.75 Å².